The van der Waals surface area contributed by atoms with E-state index in [1.807, 2.05) is 65.6 Å². The maximum atomic E-state index is 12.4. The van der Waals surface area contributed by atoms with E-state index in [-0.39, 0.29) is 11.8 Å². The molecule has 4 rings (SSSR count). The van der Waals surface area contributed by atoms with Crippen molar-refractivity contribution in [3.05, 3.63) is 95.6 Å². The molecule has 0 aromatic heterocycles. The number of benzene rings is 3. The van der Waals surface area contributed by atoms with Crippen molar-refractivity contribution in [2.75, 3.05) is 18.4 Å². The molecule has 152 valence electrons. The second kappa shape index (κ2) is 9.27. The van der Waals surface area contributed by atoms with Gasteiger partial charge < -0.3 is 15.0 Å². The Morgan fingerprint density at radius 3 is 2.30 bits per heavy atom. The van der Waals surface area contributed by atoms with Crippen molar-refractivity contribution in [2.24, 2.45) is 0 Å². The molecule has 0 spiro atoms. The number of rotatable bonds is 6. The number of likely N-dealkylation sites (tertiary alicyclic amines) is 1. The highest BCUT2D eigenvalue weighted by Gasteiger charge is 2.19. The lowest BCUT2D eigenvalue weighted by molar-refractivity contribution is 0.0792. The lowest BCUT2D eigenvalue weighted by atomic mass is 10.1. The fourth-order valence-corrected chi connectivity index (χ4v) is 3.47. The van der Waals surface area contributed by atoms with E-state index < -0.39 is 0 Å². The summed E-state index contributed by atoms with van der Waals surface area (Å²) in [6.45, 7) is 2.08. The molecule has 0 radical (unpaired) electrons. The monoisotopic (exact) mass is 400 g/mol. The molecule has 0 unspecified atom stereocenters. The molecule has 0 saturated carbocycles. The average Bonchev–Trinajstić information content (AvgIpc) is 3.33. The standard InChI is InChI=1S/C25H24N2O3/c28-24(20-7-2-1-3-8-20)26-22-9-6-10-23(17-22)30-18-19-11-13-21(14-12-19)25(29)27-15-4-5-16-27/h1-3,6-14,17H,4-5,15-16,18H2,(H,26,28). The summed E-state index contributed by atoms with van der Waals surface area (Å²) < 4.78 is 5.87. The predicted octanol–water partition coefficient (Wildman–Crippen LogP) is 4.75. The number of anilines is 1. The van der Waals surface area contributed by atoms with Gasteiger partial charge in [0.2, 0.25) is 0 Å². The Labute approximate surface area is 176 Å². The van der Waals surface area contributed by atoms with E-state index in [0.29, 0.717) is 29.2 Å². The molecular formula is C25H24N2O3. The summed E-state index contributed by atoms with van der Waals surface area (Å²) in [7, 11) is 0. The topological polar surface area (TPSA) is 58.6 Å². The molecule has 3 aromatic carbocycles. The van der Waals surface area contributed by atoms with E-state index in [0.717, 1.165) is 31.5 Å². The molecule has 0 atom stereocenters. The Morgan fingerprint density at radius 1 is 0.833 bits per heavy atom. The van der Waals surface area contributed by atoms with E-state index in [1.165, 1.54) is 0 Å². The van der Waals surface area contributed by atoms with Crippen LogP contribution in [0, 0.1) is 0 Å². The zero-order valence-corrected chi connectivity index (χ0v) is 16.7. The van der Waals surface area contributed by atoms with Crippen LogP contribution in [0.1, 0.15) is 39.1 Å². The molecule has 0 aliphatic carbocycles. The second-order valence-electron chi connectivity index (χ2n) is 7.33. The van der Waals surface area contributed by atoms with Gasteiger partial charge in [0.05, 0.1) is 0 Å². The van der Waals surface area contributed by atoms with Gasteiger partial charge in [0.1, 0.15) is 12.4 Å². The summed E-state index contributed by atoms with van der Waals surface area (Å²) in [6, 6.07) is 24.0. The van der Waals surface area contributed by atoms with E-state index in [4.69, 9.17) is 4.74 Å². The van der Waals surface area contributed by atoms with E-state index in [9.17, 15) is 9.59 Å². The van der Waals surface area contributed by atoms with E-state index >= 15 is 0 Å². The Bertz CT molecular complexity index is 1010. The summed E-state index contributed by atoms with van der Waals surface area (Å²) in [5.41, 5.74) is 2.97. The number of nitrogens with zero attached hydrogens (tertiary/aromatic N) is 1. The van der Waals surface area contributed by atoms with E-state index in [2.05, 4.69) is 5.32 Å². The summed E-state index contributed by atoms with van der Waals surface area (Å²) >= 11 is 0. The smallest absolute Gasteiger partial charge is 0.255 e. The van der Waals surface area contributed by atoms with Crippen molar-refractivity contribution in [3.63, 3.8) is 0 Å². The van der Waals surface area contributed by atoms with Crippen molar-refractivity contribution >= 4 is 17.5 Å². The third kappa shape index (κ3) is 4.87. The predicted molar refractivity (Wildman–Crippen MR) is 117 cm³/mol. The fourth-order valence-electron chi connectivity index (χ4n) is 3.47. The molecular weight excluding hydrogens is 376 g/mol. The number of amides is 2. The van der Waals surface area contributed by atoms with Gasteiger partial charge >= 0.3 is 0 Å². The van der Waals surface area contributed by atoms with Gasteiger partial charge in [-0.2, -0.15) is 0 Å². The quantitative estimate of drug-likeness (QED) is 0.649. The number of nitrogens with one attached hydrogen (secondary N) is 1. The highest BCUT2D eigenvalue weighted by molar-refractivity contribution is 6.04. The van der Waals surface area contributed by atoms with Gasteiger partial charge in [0.25, 0.3) is 11.8 Å². The maximum Gasteiger partial charge on any atom is 0.255 e. The number of carbonyl (C=O) groups is 2. The molecule has 2 amide bonds. The molecule has 1 N–H and O–H groups in total. The molecule has 1 fully saturated rings. The minimum atomic E-state index is -0.161. The van der Waals surface area contributed by atoms with Crippen LogP contribution in [0.2, 0.25) is 0 Å². The highest BCUT2D eigenvalue weighted by Crippen LogP contribution is 2.20. The summed E-state index contributed by atoms with van der Waals surface area (Å²) in [4.78, 5) is 26.6. The van der Waals surface area contributed by atoms with Crippen LogP contribution in [0.15, 0.2) is 78.9 Å². The summed E-state index contributed by atoms with van der Waals surface area (Å²) in [6.07, 6.45) is 2.17. The Kier molecular flexibility index (Phi) is 6.09. The first-order valence-corrected chi connectivity index (χ1v) is 10.2. The van der Waals surface area contributed by atoms with Gasteiger partial charge in [-0.1, -0.05) is 36.4 Å². The average molecular weight is 400 g/mol. The van der Waals surface area contributed by atoms with Crippen LogP contribution in [-0.4, -0.2) is 29.8 Å². The fraction of sp³-hybridized carbons (Fsp3) is 0.200. The lowest BCUT2D eigenvalue weighted by Gasteiger charge is -2.15. The minimum Gasteiger partial charge on any atom is -0.489 e. The number of carbonyl (C=O) groups excluding carboxylic acids is 2. The van der Waals surface area contributed by atoms with Crippen molar-refractivity contribution in [3.8, 4) is 5.75 Å². The highest BCUT2D eigenvalue weighted by atomic mass is 16.5. The van der Waals surface area contributed by atoms with Crippen LogP contribution in [0.5, 0.6) is 5.75 Å². The second-order valence-corrected chi connectivity index (χ2v) is 7.33. The van der Waals surface area contributed by atoms with Crippen LogP contribution in [0.4, 0.5) is 5.69 Å². The van der Waals surface area contributed by atoms with Gasteiger partial charge in [-0.3, -0.25) is 9.59 Å². The molecule has 1 saturated heterocycles. The molecule has 1 heterocycles. The van der Waals surface area contributed by atoms with Crippen LogP contribution < -0.4 is 10.1 Å². The normalized spacial score (nSPS) is 13.1. The number of hydrogen-bond donors (Lipinski definition) is 1. The molecule has 3 aromatic rings. The van der Waals surface area contributed by atoms with Crippen LogP contribution in [-0.2, 0) is 6.61 Å². The molecule has 1 aliphatic heterocycles. The number of ether oxygens (including phenoxy) is 1. The van der Waals surface area contributed by atoms with Crippen molar-refractivity contribution < 1.29 is 14.3 Å². The Hall–Kier alpha value is -3.60. The third-order valence-corrected chi connectivity index (χ3v) is 5.13. The first kappa shape index (κ1) is 19.7. The van der Waals surface area contributed by atoms with Gasteiger partial charge in [0.15, 0.2) is 0 Å². The van der Waals surface area contributed by atoms with Crippen LogP contribution >= 0.6 is 0 Å². The van der Waals surface area contributed by atoms with Gasteiger partial charge in [0, 0.05) is 36.0 Å². The zero-order chi connectivity index (χ0) is 20.8. The van der Waals surface area contributed by atoms with Gasteiger partial charge in [-0.15, -0.1) is 0 Å². The third-order valence-electron chi connectivity index (χ3n) is 5.13. The lowest BCUT2D eigenvalue weighted by Crippen LogP contribution is -2.27. The molecule has 0 bridgehead atoms. The Balaban J connectivity index is 1.34. The molecule has 1 aliphatic rings. The Morgan fingerprint density at radius 2 is 1.57 bits per heavy atom. The zero-order valence-electron chi connectivity index (χ0n) is 16.7. The van der Waals surface area contributed by atoms with Crippen molar-refractivity contribution in [1.82, 2.24) is 4.90 Å². The van der Waals surface area contributed by atoms with Crippen molar-refractivity contribution in [1.29, 1.82) is 0 Å². The molecule has 30 heavy (non-hydrogen) atoms. The SMILES string of the molecule is O=C(Nc1cccc(OCc2ccc(C(=O)N3CCCC3)cc2)c1)c1ccccc1. The molecule has 5 nitrogen and oxygen atoms in total. The van der Waals surface area contributed by atoms with Crippen molar-refractivity contribution in [2.45, 2.75) is 19.4 Å². The summed E-state index contributed by atoms with van der Waals surface area (Å²) in [5.74, 6) is 0.603. The maximum absolute atomic E-state index is 12.4. The first-order chi connectivity index (χ1) is 14.7. The van der Waals surface area contributed by atoms with E-state index in [1.54, 1.807) is 18.2 Å². The van der Waals surface area contributed by atoms with Crippen LogP contribution in [0.25, 0.3) is 0 Å². The minimum absolute atomic E-state index is 0.0989. The van der Waals surface area contributed by atoms with Crippen LogP contribution in [0.3, 0.4) is 0 Å². The number of hydrogen-bond acceptors (Lipinski definition) is 3. The van der Waals surface area contributed by atoms with Gasteiger partial charge in [-0.05, 0) is 54.8 Å². The first-order valence-electron chi connectivity index (χ1n) is 10.2. The molecule has 5 heteroatoms. The summed E-state index contributed by atoms with van der Waals surface area (Å²) in [5, 5.41) is 2.88. The largest absolute Gasteiger partial charge is 0.489 e. The van der Waals surface area contributed by atoms with Gasteiger partial charge in [-0.25, -0.2) is 0 Å².